The summed E-state index contributed by atoms with van der Waals surface area (Å²) in [5, 5.41) is 9.37. The molecule has 0 amide bonds. The van der Waals surface area contributed by atoms with Gasteiger partial charge in [0.15, 0.2) is 79.2 Å². The molecule has 0 bridgehead atoms. The molecule has 13 N–H and O–H groups in total. The minimum atomic E-state index is -3.92. The molecule has 0 radical (unpaired) electrons. The number of benzene rings is 5. The number of nitrogens with one attached hydrogen (secondary N) is 4. The summed E-state index contributed by atoms with van der Waals surface area (Å²) in [4.78, 5) is 89.6. The van der Waals surface area contributed by atoms with Crippen LogP contribution in [0.2, 0.25) is 0 Å². The quantitative estimate of drug-likeness (QED) is 0.00972. The number of hydrogen-bond acceptors (Lipinski definition) is 41. The van der Waals surface area contributed by atoms with E-state index in [4.69, 9.17) is 116 Å². The van der Waals surface area contributed by atoms with Crippen molar-refractivity contribution in [2.75, 3.05) is 108 Å². The maximum Gasteiger partial charge on any atom is 0.356 e. The Morgan fingerprint density at radius 3 is 1.05 bits per heavy atom. The number of fused-ring (bicyclic) bond motifs is 4. The second-order valence-electron chi connectivity index (χ2n) is 31.0. The molecule has 146 heavy (non-hydrogen) atoms. The van der Waals surface area contributed by atoms with Crippen LogP contribution in [0.4, 0.5) is 41.4 Å². The fourth-order valence-electron chi connectivity index (χ4n) is 13.1. The van der Waals surface area contributed by atoms with Gasteiger partial charge in [0, 0.05) is 31.7 Å². The number of aliphatic hydroxyl groups is 1. The van der Waals surface area contributed by atoms with Crippen LogP contribution in [-0.4, -0.2) is 168 Å². The number of aromatic amines is 4. The van der Waals surface area contributed by atoms with Crippen molar-refractivity contribution in [2.45, 2.75) is 66.5 Å². The van der Waals surface area contributed by atoms with E-state index < -0.39 is 102 Å². The zero-order valence-corrected chi connectivity index (χ0v) is 81.0. The molecular weight excluding hydrogens is 2010 g/mol. The number of allylic oxidation sites excluding steroid dienone is 1. The Bertz CT molecular complexity index is 7580. The number of hydrogen-bond donors (Lipinski definition) is 9. The number of halogens is 4. The summed E-state index contributed by atoms with van der Waals surface area (Å²) in [6.45, 7) is 16.8. The average Bonchev–Trinajstić information content (AvgIpc) is 1.66. The van der Waals surface area contributed by atoms with Crippen LogP contribution in [-0.2, 0) is 164 Å². The molecule has 4 atom stereocenters. The fraction of sp³-hybridized carbons (Fsp3) is 0.258. The van der Waals surface area contributed by atoms with Crippen molar-refractivity contribution >= 4 is 105 Å². The Kier molecular flexibility index (Phi) is 36.0. The second-order valence-corrected chi connectivity index (χ2v) is 39.0. The van der Waals surface area contributed by atoms with Crippen molar-refractivity contribution < 1.29 is 134 Å². The molecule has 13 aromatic rings. The van der Waals surface area contributed by atoms with Crippen molar-refractivity contribution in [1.82, 2.24) is 78.1 Å². The molecule has 0 fully saturated rings. The SMILES string of the molecule is C=C1OC(C)=C(COP(=O)(COCCn2cnc3c(=O)[nH]c(N)nc32)OCc2cccc(F)c2)O1.C=C1OC(CO)=C(COP(=O)(COCCn2cnc3c(=O)[nH]c(N)nc32)OCc2cccc(F)c2)O1.C=C1OC(COP(=O)(COCCn2cnc3c(=O)[nH]c(N)nc32)OCc2ccc(C)cc2)=C(c2ccc(F)cc2)O1.C=C1OC=C(COP(=O)(COCCn2cnc3c(=O)[nH]c(N)nc32)OCc2cccc(F)c2)O1. The molecule has 4 aliphatic rings. The van der Waals surface area contributed by atoms with Crippen LogP contribution in [0.3, 0.4) is 0 Å². The van der Waals surface area contributed by atoms with Gasteiger partial charge in [0.2, 0.25) is 23.8 Å². The molecule has 17 rings (SSSR count). The van der Waals surface area contributed by atoms with E-state index in [1.165, 1.54) is 110 Å². The number of aromatic nitrogens is 16. The standard InChI is InChI=1S/C27H27FN5O7P.C21H23FN5O8P.C21H23FN5O7P.C20H21FN5O7P/c1-17-3-5-19(6-4-17)13-37-41(35,16-36-12-11-33-15-30-23-25(33)31-27(29)32-26(23)34)38-14-22-24(40-18(2)39-22)20-7-9-21(28)10-8-20;1-13-34-16(8-28)17(35-13)10-33-36(30,32-9-14-3-2-4-15(22)7-14)12-31-6-5-27-11-24-18-19(27)25-21(23)26-20(18)29;1-13-17(34-14(2)33-13)10-32-35(29,31-9-15-4-3-5-16(22)8-15)12-30-7-6-27-11-24-18-19(27)25-21(23)26-20(18)28;1-13-30-9-16(33-13)10-32-34(28,31-8-14-3-2-4-15(21)7-14)12-29-6-5-26-11-23-17-18(26)24-20(22)25-19(17)27/h3-10,15H,2,11-14,16H2,1H3,(H3,29,31,32,34);2-4,7,11,28H,1,5-6,8-10,12H2,(H3,23,25,26,29);3-5,8,11H,2,6-7,9-10,12H2,1H3,(H3,23,25,26,28);2-4,7,9,11H,1,5-6,8,10,12H2,(H3,22,24,25,27). The van der Waals surface area contributed by atoms with Gasteiger partial charge in [0.05, 0.1) is 78.2 Å². The average molecular weight is 2110 g/mol. The van der Waals surface area contributed by atoms with E-state index in [-0.39, 0.29) is 227 Å². The highest BCUT2D eigenvalue weighted by molar-refractivity contribution is 7.54. The van der Waals surface area contributed by atoms with E-state index in [1.807, 2.05) is 31.2 Å². The molecule has 772 valence electrons. The number of nitrogen functional groups attached to an aromatic ring is 4. The van der Waals surface area contributed by atoms with E-state index >= 15 is 0 Å². The van der Waals surface area contributed by atoms with Crippen molar-refractivity contribution in [1.29, 1.82) is 0 Å². The lowest BCUT2D eigenvalue weighted by Crippen LogP contribution is -2.13. The van der Waals surface area contributed by atoms with E-state index in [1.54, 1.807) is 43.4 Å². The molecular formula is C89H94F4N20O29P4. The van der Waals surface area contributed by atoms with Crippen molar-refractivity contribution in [3.63, 3.8) is 0 Å². The van der Waals surface area contributed by atoms with E-state index in [0.29, 0.717) is 39.4 Å². The zero-order chi connectivity index (χ0) is 104. The fourth-order valence-corrected chi connectivity index (χ4v) is 18.1. The highest BCUT2D eigenvalue weighted by Crippen LogP contribution is 2.54. The van der Waals surface area contributed by atoms with E-state index in [0.717, 1.165) is 11.1 Å². The number of aryl methyl sites for hydroxylation is 1. The summed E-state index contributed by atoms with van der Waals surface area (Å²) < 4.78 is 223. The number of rotatable bonds is 46. The maximum atomic E-state index is 13.8. The minimum absolute atomic E-state index is 0.00442. The molecule has 57 heteroatoms. The van der Waals surface area contributed by atoms with E-state index in [9.17, 15) is 60.1 Å². The molecule has 8 aromatic heterocycles. The third-order valence-corrected chi connectivity index (χ3v) is 26.3. The minimum Gasteiger partial charge on any atom is -0.431 e. The van der Waals surface area contributed by atoms with Gasteiger partial charge in [-0.15, -0.1) is 0 Å². The number of aliphatic hydroxyl groups excluding tert-OH is 1. The van der Waals surface area contributed by atoms with Crippen LogP contribution in [0.25, 0.3) is 50.4 Å². The predicted molar refractivity (Wildman–Crippen MR) is 511 cm³/mol. The first-order valence-electron chi connectivity index (χ1n) is 43.3. The first-order valence-corrected chi connectivity index (χ1v) is 50.2. The van der Waals surface area contributed by atoms with Gasteiger partial charge in [-0.2, -0.15) is 19.9 Å². The summed E-state index contributed by atoms with van der Waals surface area (Å²) in [7, 11) is -15.4. The predicted octanol–water partition coefficient (Wildman–Crippen LogP) is 12.0. The van der Waals surface area contributed by atoms with Gasteiger partial charge in [0.1, 0.15) is 93.7 Å². The molecule has 4 aliphatic heterocycles. The Hall–Kier alpha value is -14.9. The van der Waals surface area contributed by atoms with Crippen LogP contribution in [0.15, 0.2) is 257 Å². The third kappa shape index (κ3) is 29.9. The van der Waals surface area contributed by atoms with Crippen LogP contribution >= 0.6 is 30.4 Å². The second kappa shape index (κ2) is 49.1. The van der Waals surface area contributed by atoms with Gasteiger partial charge in [-0.05, 0) is 123 Å². The molecule has 0 saturated heterocycles. The van der Waals surface area contributed by atoms with Gasteiger partial charge < -0.3 is 121 Å². The normalized spacial score (nSPS) is 15.1. The molecule has 49 nitrogen and oxygen atoms in total. The van der Waals surface area contributed by atoms with Gasteiger partial charge in [-0.1, -0.05) is 66.2 Å². The molecule has 4 unspecified atom stereocenters. The Morgan fingerprint density at radius 2 is 0.699 bits per heavy atom. The largest absolute Gasteiger partial charge is 0.431 e. The highest BCUT2D eigenvalue weighted by Gasteiger charge is 2.36. The lowest BCUT2D eigenvalue weighted by Gasteiger charge is -2.19. The van der Waals surface area contributed by atoms with Gasteiger partial charge >= 0.3 is 30.4 Å². The summed E-state index contributed by atoms with van der Waals surface area (Å²) in [5.74, 6) is -0.345. The maximum absolute atomic E-state index is 13.8. The highest BCUT2D eigenvalue weighted by atomic mass is 31.2. The lowest BCUT2D eigenvalue weighted by molar-refractivity contribution is 0.114. The van der Waals surface area contributed by atoms with Crippen molar-refractivity contribution in [2.24, 2.45) is 0 Å². The van der Waals surface area contributed by atoms with Gasteiger partial charge in [-0.25, -0.2) is 37.5 Å². The molecule has 12 heterocycles. The summed E-state index contributed by atoms with van der Waals surface area (Å²) in [6.07, 6.45) is 5.29. The molecule has 0 saturated carbocycles. The van der Waals surface area contributed by atoms with Crippen LogP contribution in [0.1, 0.15) is 40.3 Å². The van der Waals surface area contributed by atoms with Crippen LogP contribution < -0.4 is 45.2 Å². The number of nitrogens with two attached hydrogens (primary N) is 4. The monoisotopic (exact) mass is 2110 g/mol. The zero-order valence-electron chi connectivity index (χ0n) is 77.5. The number of anilines is 4. The summed E-state index contributed by atoms with van der Waals surface area (Å²) >= 11 is 0. The molecule has 5 aromatic carbocycles. The van der Waals surface area contributed by atoms with Crippen molar-refractivity contribution in [3.05, 3.63) is 336 Å². The summed E-state index contributed by atoms with van der Waals surface area (Å²) in [6, 6.07) is 30.1. The first-order chi connectivity index (χ1) is 70.0. The van der Waals surface area contributed by atoms with Crippen LogP contribution in [0, 0.1) is 30.2 Å². The smallest absolute Gasteiger partial charge is 0.356 e. The lowest BCUT2D eigenvalue weighted by atomic mass is 10.1. The number of H-pyrrole nitrogens is 4. The number of ether oxygens (including phenoxy) is 12. The first kappa shape index (κ1) is 107. The van der Waals surface area contributed by atoms with Gasteiger partial charge in [-0.3, -0.25) is 75.5 Å². The Morgan fingerprint density at radius 1 is 0.370 bits per heavy atom. The van der Waals surface area contributed by atoms with E-state index in [2.05, 4.69) is 86.1 Å². The van der Waals surface area contributed by atoms with Gasteiger partial charge in [0.25, 0.3) is 46.0 Å². The molecule has 0 aliphatic carbocycles. The Labute approximate surface area is 822 Å². The Balaban J connectivity index is 0.000000154. The number of imidazole rings is 4. The number of nitrogens with zero attached hydrogens (tertiary/aromatic N) is 12. The molecule has 0 spiro atoms. The van der Waals surface area contributed by atoms with Crippen LogP contribution in [0.5, 0.6) is 0 Å². The third-order valence-electron chi connectivity index (χ3n) is 20.2. The summed E-state index contributed by atoms with van der Waals surface area (Å²) in [5.41, 5.74) is 26.0. The topological polar surface area (TPSA) is 631 Å². The van der Waals surface area contributed by atoms with Crippen molar-refractivity contribution in [3.8, 4) is 0 Å².